The summed E-state index contributed by atoms with van der Waals surface area (Å²) in [5.74, 6) is -0.994. The summed E-state index contributed by atoms with van der Waals surface area (Å²) in [6, 6.07) is 12.0. The van der Waals surface area contributed by atoms with Crippen molar-refractivity contribution in [1.82, 2.24) is 0 Å². The molecule has 0 heterocycles. The van der Waals surface area contributed by atoms with Crippen LogP contribution in [0.2, 0.25) is 5.02 Å². The SMILES string of the molecule is COC(=O)c1ccc(Cl)c(NC(=O)CCN(C(C)=O)c2ccccc2C)c1. The zero-order chi connectivity index (χ0) is 20.0. The maximum Gasteiger partial charge on any atom is 0.337 e. The minimum atomic E-state index is -0.524. The van der Waals surface area contributed by atoms with Crippen LogP contribution in [0.3, 0.4) is 0 Å². The molecule has 0 bridgehead atoms. The van der Waals surface area contributed by atoms with Gasteiger partial charge in [0.05, 0.1) is 23.4 Å². The summed E-state index contributed by atoms with van der Waals surface area (Å²) < 4.78 is 4.66. The zero-order valence-electron chi connectivity index (χ0n) is 15.4. The molecule has 0 spiro atoms. The molecule has 2 rings (SSSR count). The summed E-state index contributed by atoms with van der Waals surface area (Å²) in [5, 5.41) is 2.98. The summed E-state index contributed by atoms with van der Waals surface area (Å²) >= 11 is 6.09. The topological polar surface area (TPSA) is 75.7 Å². The van der Waals surface area contributed by atoms with E-state index >= 15 is 0 Å². The minimum Gasteiger partial charge on any atom is -0.465 e. The normalized spacial score (nSPS) is 10.2. The lowest BCUT2D eigenvalue weighted by molar-refractivity contribution is -0.117. The molecule has 0 aliphatic heterocycles. The molecule has 7 heteroatoms. The molecule has 2 aromatic rings. The predicted molar refractivity (Wildman–Crippen MR) is 105 cm³/mol. The van der Waals surface area contributed by atoms with Gasteiger partial charge in [-0.15, -0.1) is 0 Å². The van der Waals surface area contributed by atoms with Crippen LogP contribution in [0.1, 0.15) is 29.3 Å². The largest absolute Gasteiger partial charge is 0.465 e. The third-order valence-corrected chi connectivity index (χ3v) is 4.34. The molecule has 0 aromatic heterocycles. The monoisotopic (exact) mass is 388 g/mol. The van der Waals surface area contributed by atoms with Gasteiger partial charge in [-0.3, -0.25) is 9.59 Å². The maximum atomic E-state index is 12.3. The number of halogens is 1. The second-order valence-electron chi connectivity index (χ2n) is 5.94. The van der Waals surface area contributed by atoms with Crippen molar-refractivity contribution in [2.24, 2.45) is 0 Å². The van der Waals surface area contributed by atoms with E-state index in [0.717, 1.165) is 11.3 Å². The number of esters is 1. The van der Waals surface area contributed by atoms with E-state index in [2.05, 4.69) is 10.1 Å². The standard InChI is InChI=1S/C20H21ClN2O4/c1-13-6-4-5-7-18(13)23(14(2)24)11-10-19(25)22-17-12-15(20(26)27-3)8-9-16(17)21/h4-9,12H,10-11H2,1-3H3,(H,22,25). The van der Waals surface area contributed by atoms with Gasteiger partial charge in [-0.2, -0.15) is 0 Å². The van der Waals surface area contributed by atoms with Crippen molar-refractivity contribution in [3.8, 4) is 0 Å². The number of nitrogens with zero attached hydrogens (tertiary/aromatic N) is 1. The van der Waals surface area contributed by atoms with Gasteiger partial charge in [0.2, 0.25) is 11.8 Å². The minimum absolute atomic E-state index is 0.0761. The quantitative estimate of drug-likeness (QED) is 0.763. The molecular formula is C20H21ClN2O4. The van der Waals surface area contributed by atoms with Crippen LogP contribution in [0.25, 0.3) is 0 Å². The van der Waals surface area contributed by atoms with Crippen molar-refractivity contribution in [3.05, 3.63) is 58.6 Å². The van der Waals surface area contributed by atoms with Gasteiger partial charge in [-0.1, -0.05) is 29.8 Å². The highest BCUT2D eigenvalue weighted by atomic mass is 35.5. The fourth-order valence-corrected chi connectivity index (χ4v) is 2.77. The molecule has 2 aromatic carbocycles. The lowest BCUT2D eigenvalue weighted by Gasteiger charge is -2.23. The van der Waals surface area contributed by atoms with Crippen molar-refractivity contribution < 1.29 is 19.1 Å². The van der Waals surface area contributed by atoms with Crippen LogP contribution in [-0.2, 0) is 14.3 Å². The van der Waals surface area contributed by atoms with E-state index in [1.807, 2.05) is 31.2 Å². The Kier molecular flexibility index (Phi) is 6.96. The lowest BCUT2D eigenvalue weighted by atomic mass is 10.1. The van der Waals surface area contributed by atoms with Crippen molar-refractivity contribution in [2.75, 3.05) is 23.9 Å². The van der Waals surface area contributed by atoms with Gasteiger partial charge >= 0.3 is 5.97 Å². The van der Waals surface area contributed by atoms with E-state index in [1.54, 1.807) is 4.90 Å². The van der Waals surface area contributed by atoms with E-state index in [1.165, 1.54) is 32.2 Å². The summed E-state index contributed by atoms with van der Waals surface area (Å²) in [4.78, 5) is 37.5. The number of anilines is 2. The van der Waals surface area contributed by atoms with E-state index in [9.17, 15) is 14.4 Å². The van der Waals surface area contributed by atoms with Crippen molar-refractivity contribution >= 4 is 40.8 Å². The molecule has 0 saturated heterocycles. The molecule has 0 unspecified atom stereocenters. The molecule has 1 N–H and O–H groups in total. The number of carbonyl (C=O) groups is 3. The molecule has 27 heavy (non-hydrogen) atoms. The summed E-state index contributed by atoms with van der Waals surface area (Å²) in [5.41, 5.74) is 2.31. The van der Waals surface area contributed by atoms with Crippen LogP contribution in [-0.4, -0.2) is 31.4 Å². The first kappa shape index (κ1) is 20.5. The molecule has 0 radical (unpaired) electrons. The second kappa shape index (κ2) is 9.19. The first-order chi connectivity index (χ1) is 12.8. The predicted octanol–water partition coefficient (Wildman–Crippen LogP) is 3.82. The average Bonchev–Trinajstić information content (AvgIpc) is 2.64. The van der Waals surface area contributed by atoms with Crippen LogP contribution in [0.15, 0.2) is 42.5 Å². The van der Waals surface area contributed by atoms with E-state index in [4.69, 9.17) is 11.6 Å². The molecule has 0 aliphatic carbocycles. The molecule has 0 atom stereocenters. The summed E-state index contributed by atoms with van der Waals surface area (Å²) in [7, 11) is 1.27. The molecule has 2 amide bonds. The number of para-hydroxylation sites is 1. The smallest absolute Gasteiger partial charge is 0.337 e. The van der Waals surface area contributed by atoms with Gasteiger partial charge in [-0.05, 0) is 36.8 Å². The number of ether oxygens (including phenoxy) is 1. The number of amides is 2. The summed E-state index contributed by atoms with van der Waals surface area (Å²) in [6.45, 7) is 3.59. The van der Waals surface area contributed by atoms with Gasteiger partial charge in [0.1, 0.15) is 0 Å². The number of carbonyl (C=O) groups excluding carboxylic acids is 3. The van der Waals surface area contributed by atoms with Crippen LogP contribution in [0, 0.1) is 6.92 Å². The van der Waals surface area contributed by atoms with Gasteiger partial charge in [0.25, 0.3) is 0 Å². The first-order valence-corrected chi connectivity index (χ1v) is 8.72. The molecule has 0 fully saturated rings. The Morgan fingerprint density at radius 3 is 2.48 bits per heavy atom. The highest BCUT2D eigenvalue weighted by Crippen LogP contribution is 2.24. The highest BCUT2D eigenvalue weighted by molar-refractivity contribution is 6.33. The second-order valence-corrected chi connectivity index (χ2v) is 6.35. The fourth-order valence-electron chi connectivity index (χ4n) is 2.61. The Morgan fingerprint density at radius 2 is 1.85 bits per heavy atom. The third-order valence-electron chi connectivity index (χ3n) is 4.01. The number of hydrogen-bond acceptors (Lipinski definition) is 4. The van der Waals surface area contributed by atoms with Crippen LogP contribution < -0.4 is 10.2 Å². The molecular weight excluding hydrogens is 368 g/mol. The van der Waals surface area contributed by atoms with Gasteiger partial charge in [0, 0.05) is 25.6 Å². The highest BCUT2D eigenvalue weighted by Gasteiger charge is 2.16. The Labute approximate surface area is 163 Å². The number of nitrogens with one attached hydrogen (secondary N) is 1. The van der Waals surface area contributed by atoms with Gasteiger partial charge in [0.15, 0.2) is 0 Å². The Bertz CT molecular complexity index is 867. The van der Waals surface area contributed by atoms with E-state index in [0.29, 0.717) is 10.7 Å². The Hall–Kier alpha value is -2.86. The molecule has 6 nitrogen and oxygen atoms in total. The Balaban J connectivity index is 2.08. The maximum absolute atomic E-state index is 12.3. The van der Waals surface area contributed by atoms with E-state index < -0.39 is 5.97 Å². The van der Waals surface area contributed by atoms with Crippen molar-refractivity contribution in [2.45, 2.75) is 20.3 Å². The number of aryl methyl sites for hydroxylation is 1. The van der Waals surface area contributed by atoms with E-state index in [-0.39, 0.29) is 30.3 Å². The summed E-state index contributed by atoms with van der Waals surface area (Å²) in [6.07, 6.45) is 0.0761. The number of rotatable bonds is 6. The number of methoxy groups -OCH3 is 1. The number of benzene rings is 2. The van der Waals surface area contributed by atoms with Crippen LogP contribution >= 0.6 is 11.6 Å². The lowest BCUT2D eigenvalue weighted by Crippen LogP contribution is -2.32. The number of hydrogen-bond donors (Lipinski definition) is 1. The van der Waals surface area contributed by atoms with Crippen molar-refractivity contribution in [3.63, 3.8) is 0 Å². The fraction of sp³-hybridized carbons (Fsp3) is 0.250. The average molecular weight is 389 g/mol. The van der Waals surface area contributed by atoms with Gasteiger partial charge < -0.3 is 15.0 Å². The Morgan fingerprint density at radius 1 is 1.15 bits per heavy atom. The molecule has 142 valence electrons. The molecule has 0 saturated carbocycles. The first-order valence-electron chi connectivity index (χ1n) is 8.35. The zero-order valence-corrected chi connectivity index (χ0v) is 16.2. The third kappa shape index (κ3) is 5.31. The molecule has 0 aliphatic rings. The van der Waals surface area contributed by atoms with Crippen LogP contribution in [0.5, 0.6) is 0 Å². The van der Waals surface area contributed by atoms with Gasteiger partial charge in [-0.25, -0.2) is 4.79 Å². The van der Waals surface area contributed by atoms with Crippen LogP contribution in [0.4, 0.5) is 11.4 Å². The van der Waals surface area contributed by atoms with Crippen molar-refractivity contribution in [1.29, 1.82) is 0 Å².